The van der Waals surface area contributed by atoms with E-state index in [1.54, 1.807) is 0 Å². The summed E-state index contributed by atoms with van der Waals surface area (Å²) in [6, 6.07) is 8.37. The van der Waals surface area contributed by atoms with Gasteiger partial charge in [0.05, 0.1) is 0 Å². The number of carbonyl (C=O) groups excluding carboxylic acids is 1. The third kappa shape index (κ3) is 2.43. The van der Waals surface area contributed by atoms with E-state index in [-0.39, 0.29) is 5.92 Å². The minimum absolute atomic E-state index is 0.112. The molecule has 1 aromatic carbocycles. The molecule has 80 valence electrons. The molecule has 0 saturated carbocycles. The van der Waals surface area contributed by atoms with Gasteiger partial charge in [-0.25, -0.2) is 0 Å². The molecule has 1 aromatic rings. The molecular weight excluding hydrogens is 204 g/mol. The highest BCUT2D eigenvalue weighted by atomic mass is 32.2. The van der Waals surface area contributed by atoms with Crippen LogP contribution in [0.15, 0.2) is 24.3 Å². The van der Waals surface area contributed by atoms with E-state index in [4.69, 9.17) is 0 Å². The normalized spacial score (nSPS) is 22.6. The molecular formula is C13H16OS. The molecule has 2 atom stereocenters. The van der Waals surface area contributed by atoms with E-state index in [0.29, 0.717) is 5.92 Å². The summed E-state index contributed by atoms with van der Waals surface area (Å²) >= 11 is 1.96. The molecule has 1 saturated heterocycles. The predicted octanol–water partition coefficient (Wildman–Crippen LogP) is 3.03. The molecule has 2 unspecified atom stereocenters. The number of hydrogen-bond acceptors (Lipinski definition) is 2. The summed E-state index contributed by atoms with van der Waals surface area (Å²) in [5.74, 6) is 3.01. The monoisotopic (exact) mass is 220 g/mol. The van der Waals surface area contributed by atoms with Crippen LogP contribution in [0.25, 0.3) is 0 Å². The first-order chi connectivity index (χ1) is 7.31. The van der Waals surface area contributed by atoms with Gasteiger partial charge in [-0.15, -0.1) is 0 Å². The Balaban J connectivity index is 2.18. The Morgan fingerprint density at radius 1 is 1.40 bits per heavy atom. The quantitative estimate of drug-likeness (QED) is 0.728. The third-order valence-electron chi connectivity index (χ3n) is 3.08. The predicted molar refractivity (Wildman–Crippen MR) is 65.4 cm³/mol. The highest BCUT2D eigenvalue weighted by Gasteiger charge is 2.26. The minimum Gasteiger partial charge on any atom is -0.303 e. The van der Waals surface area contributed by atoms with Gasteiger partial charge in [0.15, 0.2) is 0 Å². The van der Waals surface area contributed by atoms with Gasteiger partial charge in [0.25, 0.3) is 0 Å². The summed E-state index contributed by atoms with van der Waals surface area (Å²) in [5.41, 5.74) is 2.44. The number of hydrogen-bond donors (Lipinski definition) is 0. The fourth-order valence-electron chi connectivity index (χ4n) is 2.09. The molecule has 15 heavy (non-hydrogen) atoms. The van der Waals surface area contributed by atoms with Crippen LogP contribution in [0.2, 0.25) is 0 Å². The lowest BCUT2D eigenvalue weighted by molar-refractivity contribution is -0.109. The highest BCUT2D eigenvalue weighted by Crippen LogP contribution is 2.34. The molecule has 1 aliphatic rings. The van der Waals surface area contributed by atoms with Crippen molar-refractivity contribution in [2.24, 2.45) is 5.92 Å². The van der Waals surface area contributed by atoms with Crippen LogP contribution in [0, 0.1) is 12.8 Å². The maximum Gasteiger partial charge on any atom is 0.127 e. The topological polar surface area (TPSA) is 17.1 Å². The fraction of sp³-hybridized carbons (Fsp3) is 0.462. The minimum atomic E-state index is 0.112. The standard InChI is InChI=1S/C13H16OS/c1-10-2-4-11(5-3-10)13(8-14)12-6-7-15-9-12/h2-5,8,12-13H,6-7,9H2,1H3. The van der Waals surface area contributed by atoms with Crippen LogP contribution in [-0.2, 0) is 4.79 Å². The van der Waals surface area contributed by atoms with Crippen molar-refractivity contribution in [2.45, 2.75) is 19.3 Å². The Kier molecular flexibility index (Phi) is 3.47. The van der Waals surface area contributed by atoms with Crippen LogP contribution in [-0.4, -0.2) is 17.8 Å². The Labute approximate surface area is 95.3 Å². The Bertz CT molecular complexity index is 325. The smallest absolute Gasteiger partial charge is 0.127 e. The van der Waals surface area contributed by atoms with Crippen molar-refractivity contribution < 1.29 is 4.79 Å². The van der Waals surface area contributed by atoms with Crippen molar-refractivity contribution >= 4 is 18.0 Å². The van der Waals surface area contributed by atoms with Crippen LogP contribution in [0.1, 0.15) is 23.5 Å². The lowest BCUT2D eigenvalue weighted by atomic mass is 9.86. The summed E-state index contributed by atoms with van der Waals surface area (Å²) in [6.45, 7) is 2.07. The average Bonchev–Trinajstić information content (AvgIpc) is 2.75. The van der Waals surface area contributed by atoms with Crippen LogP contribution in [0.3, 0.4) is 0 Å². The number of aldehydes is 1. The van der Waals surface area contributed by atoms with E-state index in [1.807, 2.05) is 11.8 Å². The van der Waals surface area contributed by atoms with E-state index in [2.05, 4.69) is 31.2 Å². The molecule has 2 rings (SSSR count). The molecule has 1 aliphatic heterocycles. The Morgan fingerprint density at radius 2 is 2.13 bits per heavy atom. The van der Waals surface area contributed by atoms with Gasteiger partial charge in [-0.3, -0.25) is 0 Å². The first-order valence-corrected chi connectivity index (χ1v) is 6.56. The molecule has 0 spiro atoms. The van der Waals surface area contributed by atoms with Gasteiger partial charge < -0.3 is 4.79 Å². The van der Waals surface area contributed by atoms with Crippen molar-refractivity contribution in [1.29, 1.82) is 0 Å². The van der Waals surface area contributed by atoms with E-state index in [1.165, 1.54) is 23.3 Å². The largest absolute Gasteiger partial charge is 0.303 e. The zero-order valence-corrected chi connectivity index (χ0v) is 9.80. The molecule has 0 N–H and O–H groups in total. The molecule has 2 heteroatoms. The van der Waals surface area contributed by atoms with E-state index >= 15 is 0 Å². The Morgan fingerprint density at radius 3 is 2.67 bits per heavy atom. The summed E-state index contributed by atoms with van der Waals surface area (Å²) in [4.78, 5) is 11.2. The zero-order valence-electron chi connectivity index (χ0n) is 8.98. The molecule has 0 aliphatic carbocycles. The first-order valence-electron chi connectivity index (χ1n) is 5.41. The number of carbonyl (C=O) groups is 1. The lowest BCUT2D eigenvalue weighted by Gasteiger charge is -2.17. The summed E-state index contributed by atoms with van der Waals surface area (Å²) in [7, 11) is 0. The molecule has 1 heterocycles. The average molecular weight is 220 g/mol. The second kappa shape index (κ2) is 4.84. The van der Waals surface area contributed by atoms with Gasteiger partial charge in [-0.1, -0.05) is 29.8 Å². The molecule has 0 aromatic heterocycles. The summed E-state index contributed by atoms with van der Waals surface area (Å²) in [5, 5.41) is 0. The van der Waals surface area contributed by atoms with Crippen LogP contribution in [0.4, 0.5) is 0 Å². The second-order valence-electron chi connectivity index (χ2n) is 4.20. The van der Waals surface area contributed by atoms with Gasteiger partial charge in [0.2, 0.25) is 0 Å². The van der Waals surface area contributed by atoms with Crippen molar-refractivity contribution in [3.8, 4) is 0 Å². The van der Waals surface area contributed by atoms with Crippen molar-refractivity contribution in [3.63, 3.8) is 0 Å². The molecule has 1 nitrogen and oxygen atoms in total. The van der Waals surface area contributed by atoms with Crippen molar-refractivity contribution in [3.05, 3.63) is 35.4 Å². The lowest BCUT2D eigenvalue weighted by Crippen LogP contribution is -2.13. The van der Waals surface area contributed by atoms with Gasteiger partial charge in [-0.2, -0.15) is 11.8 Å². The van der Waals surface area contributed by atoms with Crippen LogP contribution >= 0.6 is 11.8 Å². The highest BCUT2D eigenvalue weighted by molar-refractivity contribution is 7.99. The van der Waals surface area contributed by atoms with E-state index in [9.17, 15) is 4.79 Å². The van der Waals surface area contributed by atoms with Crippen molar-refractivity contribution in [2.75, 3.05) is 11.5 Å². The van der Waals surface area contributed by atoms with Crippen molar-refractivity contribution in [1.82, 2.24) is 0 Å². The molecule has 0 amide bonds. The maximum atomic E-state index is 11.2. The van der Waals surface area contributed by atoms with E-state index in [0.717, 1.165) is 12.0 Å². The van der Waals surface area contributed by atoms with E-state index < -0.39 is 0 Å². The van der Waals surface area contributed by atoms with Gasteiger partial charge in [-0.05, 0) is 36.3 Å². The van der Waals surface area contributed by atoms with Crippen LogP contribution in [0.5, 0.6) is 0 Å². The summed E-state index contributed by atoms with van der Waals surface area (Å²) in [6.07, 6.45) is 2.31. The second-order valence-corrected chi connectivity index (χ2v) is 5.35. The number of thioether (sulfide) groups is 1. The van der Waals surface area contributed by atoms with Crippen LogP contribution < -0.4 is 0 Å². The first kappa shape index (κ1) is 10.7. The molecule has 0 bridgehead atoms. The van der Waals surface area contributed by atoms with Gasteiger partial charge >= 0.3 is 0 Å². The van der Waals surface area contributed by atoms with Gasteiger partial charge in [0.1, 0.15) is 6.29 Å². The number of aryl methyl sites for hydroxylation is 1. The zero-order chi connectivity index (χ0) is 10.7. The number of benzene rings is 1. The fourth-order valence-corrected chi connectivity index (χ4v) is 3.40. The Hall–Kier alpha value is -0.760. The van der Waals surface area contributed by atoms with Gasteiger partial charge in [0, 0.05) is 5.92 Å². The number of rotatable bonds is 3. The third-order valence-corrected chi connectivity index (χ3v) is 4.27. The molecule has 1 fully saturated rings. The maximum absolute atomic E-state index is 11.2. The SMILES string of the molecule is Cc1ccc(C(C=O)C2CCSC2)cc1. The molecule has 0 radical (unpaired) electrons. The summed E-state index contributed by atoms with van der Waals surface area (Å²) < 4.78 is 0.